The van der Waals surface area contributed by atoms with Crippen LogP contribution in [0.4, 0.5) is 4.39 Å². The highest BCUT2D eigenvalue weighted by atomic mass is 19.1. The molecule has 1 unspecified atom stereocenters. The van der Waals surface area contributed by atoms with Crippen LogP contribution in [0.1, 0.15) is 52.2 Å². The Hall–Kier alpha value is -0.930. The first kappa shape index (κ1) is 18.1. The van der Waals surface area contributed by atoms with Crippen LogP contribution in [0.5, 0.6) is 0 Å². The molecule has 1 rings (SSSR count). The number of nitrogens with one attached hydrogen (secondary N) is 1. The van der Waals surface area contributed by atoms with Crippen molar-refractivity contribution < 1.29 is 4.39 Å². The quantitative estimate of drug-likeness (QED) is 0.734. The molecule has 0 aliphatic rings. The highest BCUT2D eigenvalue weighted by Crippen LogP contribution is 2.15. The fourth-order valence-corrected chi connectivity index (χ4v) is 2.30. The van der Waals surface area contributed by atoms with Gasteiger partial charge in [-0.05, 0) is 24.1 Å². The van der Waals surface area contributed by atoms with E-state index in [4.69, 9.17) is 0 Å². The number of rotatable bonds is 9. The molecule has 21 heavy (non-hydrogen) atoms. The largest absolute Gasteiger partial charge is 0.310 e. The van der Waals surface area contributed by atoms with E-state index >= 15 is 0 Å². The van der Waals surface area contributed by atoms with Crippen LogP contribution >= 0.6 is 0 Å². The Balaban J connectivity index is 2.73. The molecule has 0 aromatic heterocycles. The third-order valence-electron chi connectivity index (χ3n) is 3.93. The van der Waals surface area contributed by atoms with Crippen LogP contribution in [0.15, 0.2) is 18.2 Å². The van der Waals surface area contributed by atoms with Gasteiger partial charge in [-0.15, -0.1) is 0 Å². The summed E-state index contributed by atoms with van der Waals surface area (Å²) in [6.07, 6.45) is 1.16. The van der Waals surface area contributed by atoms with E-state index in [2.05, 4.69) is 44.8 Å². The van der Waals surface area contributed by atoms with E-state index < -0.39 is 0 Å². The lowest BCUT2D eigenvalue weighted by atomic mass is 10.1. The number of nitrogens with zero attached hydrogens (tertiary/aromatic N) is 1. The third kappa shape index (κ3) is 6.58. The summed E-state index contributed by atoms with van der Waals surface area (Å²) in [6, 6.07) is 5.92. The van der Waals surface area contributed by atoms with Crippen molar-refractivity contribution in [2.75, 3.05) is 13.1 Å². The molecule has 0 spiro atoms. The summed E-state index contributed by atoms with van der Waals surface area (Å²) in [5.41, 5.74) is 1.96. The molecule has 0 aliphatic heterocycles. The molecule has 1 aromatic carbocycles. The SMILES string of the molecule is CCC(C)CN(CC)Cc1cc(CNC(C)C)ccc1F. The van der Waals surface area contributed by atoms with Gasteiger partial charge in [0.15, 0.2) is 0 Å². The lowest BCUT2D eigenvalue weighted by molar-refractivity contribution is 0.235. The molecule has 0 saturated carbocycles. The Morgan fingerprint density at radius 1 is 1.19 bits per heavy atom. The van der Waals surface area contributed by atoms with Gasteiger partial charge >= 0.3 is 0 Å². The molecule has 0 bridgehead atoms. The lowest BCUT2D eigenvalue weighted by Gasteiger charge is -2.24. The molecule has 0 aliphatic carbocycles. The smallest absolute Gasteiger partial charge is 0.127 e. The minimum absolute atomic E-state index is 0.0918. The van der Waals surface area contributed by atoms with Crippen molar-refractivity contribution in [3.8, 4) is 0 Å². The second kappa shape index (κ2) is 9.16. The van der Waals surface area contributed by atoms with Crippen LogP contribution in [0.3, 0.4) is 0 Å². The molecular formula is C18H31FN2. The van der Waals surface area contributed by atoms with Gasteiger partial charge in [0.1, 0.15) is 5.82 Å². The average molecular weight is 294 g/mol. The first-order chi connectivity index (χ1) is 9.96. The predicted octanol–water partition coefficient (Wildman–Crippen LogP) is 4.19. The minimum Gasteiger partial charge on any atom is -0.310 e. The second-order valence-corrected chi connectivity index (χ2v) is 6.30. The summed E-state index contributed by atoms with van der Waals surface area (Å²) in [5.74, 6) is 0.560. The summed E-state index contributed by atoms with van der Waals surface area (Å²) in [5, 5.41) is 3.38. The summed E-state index contributed by atoms with van der Waals surface area (Å²) < 4.78 is 14.0. The summed E-state index contributed by atoms with van der Waals surface area (Å²) in [6.45, 7) is 14.3. The second-order valence-electron chi connectivity index (χ2n) is 6.30. The van der Waals surface area contributed by atoms with E-state index in [9.17, 15) is 4.39 Å². The molecule has 0 saturated heterocycles. The van der Waals surface area contributed by atoms with Gasteiger partial charge in [0, 0.05) is 31.2 Å². The fourth-order valence-electron chi connectivity index (χ4n) is 2.30. The Labute approximate surface area is 129 Å². The molecule has 2 nitrogen and oxygen atoms in total. The Bertz CT molecular complexity index is 418. The van der Waals surface area contributed by atoms with Gasteiger partial charge < -0.3 is 5.32 Å². The molecule has 1 aromatic rings. The number of halogens is 1. The fraction of sp³-hybridized carbons (Fsp3) is 0.667. The maximum Gasteiger partial charge on any atom is 0.127 e. The number of hydrogen-bond acceptors (Lipinski definition) is 2. The van der Waals surface area contributed by atoms with Crippen LogP contribution in [-0.4, -0.2) is 24.0 Å². The van der Waals surface area contributed by atoms with E-state index in [-0.39, 0.29) is 5.82 Å². The van der Waals surface area contributed by atoms with Gasteiger partial charge in [0.2, 0.25) is 0 Å². The van der Waals surface area contributed by atoms with Gasteiger partial charge in [0.05, 0.1) is 0 Å². The van der Waals surface area contributed by atoms with E-state index in [1.54, 1.807) is 6.07 Å². The van der Waals surface area contributed by atoms with Crippen molar-refractivity contribution in [2.45, 2.75) is 60.2 Å². The van der Waals surface area contributed by atoms with Crippen LogP contribution in [-0.2, 0) is 13.1 Å². The molecule has 3 heteroatoms. The van der Waals surface area contributed by atoms with Crippen molar-refractivity contribution >= 4 is 0 Å². The zero-order valence-corrected chi connectivity index (χ0v) is 14.2. The first-order valence-electron chi connectivity index (χ1n) is 8.19. The van der Waals surface area contributed by atoms with Crippen LogP contribution in [0, 0.1) is 11.7 Å². The Morgan fingerprint density at radius 2 is 1.90 bits per heavy atom. The van der Waals surface area contributed by atoms with E-state index in [0.717, 1.165) is 37.2 Å². The molecule has 0 heterocycles. The topological polar surface area (TPSA) is 15.3 Å². The highest BCUT2D eigenvalue weighted by Gasteiger charge is 2.11. The summed E-state index contributed by atoms with van der Waals surface area (Å²) in [7, 11) is 0. The van der Waals surface area contributed by atoms with Crippen LogP contribution < -0.4 is 5.32 Å². The van der Waals surface area contributed by atoms with E-state index in [1.165, 1.54) is 0 Å². The molecule has 120 valence electrons. The molecule has 0 fully saturated rings. The van der Waals surface area contributed by atoms with Crippen LogP contribution in [0.2, 0.25) is 0 Å². The van der Waals surface area contributed by atoms with Crippen molar-refractivity contribution in [2.24, 2.45) is 5.92 Å². The normalized spacial score (nSPS) is 13.1. The van der Waals surface area contributed by atoms with E-state index in [1.807, 2.05) is 12.1 Å². The Morgan fingerprint density at radius 3 is 2.48 bits per heavy atom. The molecule has 1 atom stereocenters. The van der Waals surface area contributed by atoms with Gasteiger partial charge in [-0.3, -0.25) is 4.90 Å². The lowest BCUT2D eigenvalue weighted by Crippen LogP contribution is -2.28. The number of hydrogen-bond donors (Lipinski definition) is 1. The van der Waals surface area contributed by atoms with Crippen molar-refractivity contribution in [1.29, 1.82) is 0 Å². The van der Waals surface area contributed by atoms with Crippen molar-refractivity contribution in [3.05, 3.63) is 35.1 Å². The minimum atomic E-state index is -0.0918. The van der Waals surface area contributed by atoms with Crippen molar-refractivity contribution in [3.63, 3.8) is 0 Å². The summed E-state index contributed by atoms with van der Waals surface area (Å²) in [4.78, 5) is 2.33. The van der Waals surface area contributed by atoms with Gasteiger partial charge in [-0.2, -0.15) is 0 Å². The maximum atomic E-state index is 14.0. The zero-order valence-electron chi connectivity index (χ0n) is 14.2. The van der Waals surface area contributed by atoms with Gasteiger partial charge in [0.25, 0.3) is 0 Å². The zero-order chi connectivity index (χ0) is 15.8. The van der Waals surface area contributed by atoms with Gasteiger partial charge in [-0.25, -0.2) is 4.39 Å². The summed E-state index contributed by atoms with van der Waals surface area (Å²) >= 11 is 0. The van der Waals surface area contributed by atoms with Crippen molar-refractivity contribution in [1.82, 2.24) is 10.2 Å². The standard InChI is InChI=1S/C18H31FN2/c1-6-15(5)12-21(7-2)13-17-10-16(8-9-18(17)19)11-20-14(3)4/h8-10,14-15,20H,6-7,11-13H2,1-5H3. The number of benzene rings is 1. The third-order valence-corrected chi connectivity index (χ3v) is 3.93. The predicted molar refractivity (Wildman–Crippen MR) is 88.8 cm³/mol. The molecule has 0 radical (unpaired) electrons. The first-order valence-corrected chi connectivity index (χ1v) is 8.19. The van der Waals surface area contributed by atoms with E-state index in [0.29, 0.717) is 18.5 Å². The average Bonchev–Trinajstić information content (AvgIpc) is 2.46. The monoisotopic (exact) mass is 294 g/mol. The molecular weight excluding hydrogens is 263 g/mol. The van der Waals surface area contributed by atoms with Gasteiger partial charge in [-0.1, -0.05) is 53.2 Å². The van der Waals surface area contributed by atoms with Crippen LogP contribution in [0.25, 0.3) is 0 Å². The Kier molecular flexibility index (Phi) is 7.91. The highest BCUT2D eigenvalue weighted by molar-refractivity contribution is 5.25. The molecule has 0 amide bonds. The molecule has 1 N–H and O–H groups in total. The maximum absolute atomic E-state index is 14.0.